The molecule has 9 nitrogen and oxygen atoms in total. The van der Waals surface area contributed by atoms with Crippen molar-refractivity contribution in [2.24, 2.45) is 5.41 Å². The van der Waals surface area contributed by atoms with Crippen molar-refractivity contribution >= 4 is 34.9 Å². The number of carbonyl (C=O) groups excluding carboxylic acids is 4. The zero-order chi connectivity index (χ0) is 22.2. The molecule has 1 aliphatic heterocycles. The second-order valence-electron chi connectivity index (χ2n) is 7.84. The van der Waals surface area contributed by atoms with Gasteiger partial charge in [0.1, 0.15) is 0 Å². The quantitative estimate of drug-likeness (QED) is 0.350. The lowest BCUT2D eigenvalue weighted by Gasteiger charge is -2.29. The van der Waals surface area contributed by atoms with E-state index in [1.165, 1.54) is 0 Å². The van der Waals surface area contributed by atoms with E-state index in [4.69, 9.17) is 0 Å². The fourth-order valence-corrected chi connectivity index (χ4v) is 3.09. The number of rotatable bonds is 5. The van der Waals surface area contributed by atoms with Gasteiger partial charge in [0.2, 0.25) is 0 Å². The molecule has 1 heterocycles. The van der Waals surface area contributed by atoms with Gasteiger partial charge in [-0.25, -0.2) is 0 Å². The van der Waals surface area contributed by atoms with Crippen LogP contribution in [0.25, 0.3) is 0 Å². The molecule has 0 bridgehead atoms. The number of benzene rings is 2. The van der Waals surface area contributed by atoms with Crippen molar-refractivity contribution in [2.75, 3.05) is 5.32 Å². The van der Waals surface area contributed by atoms with Gasteiger partial charge in [-0.2, -0.15) is 0 Å². The van der Waals surface area contributed by atoms with Gasteiger partial charge in [-0.3, -0.25) is 34.2 Å². The maximum atomic E-state index is 13.1. The molecule has 1 unspecified atom stereocenters. The minimum absolute atomic E-state index is 0.0928. The van der Waals surface area contributed by atoms with Crippen molar-refractivity contribution < 1.29 is 24.1 Å². The van der Waals surface area contributed by atoms with E-state index in [-0.39, 0.29) is 16.8 Å². The van der Waals surface area contributed by atoms with Crippen LogP contribution in [0.2, 0.25) is 0 Å². The summed E-state index contributed by atoms with van der Waals surface area (Å²) in [6, 6.07) is 9.80. The van der Waals surface area contributed by atoms with Crippen LogP contribution in [-0.4, -0.2) is 39.4 Å². The minimum Gasteiger partial charge on any atom is -0.324 e. The molecule has 9 heteroatoms. The highest BCUT2D eigenvalue weighted by molar-refractivity contribution is 6.27. The van der Waals surface area contributed by atoms with E-state index >= 15 is 0 Å². The van der Waals surface area contributed by atoms with E-state index in [9.17, 15) is 29.3 Å². The van der Waals surface area contributed by atoms with Crippen molar-refractivity contribution in [3.63, 3.8) is 0 Å². The number of Topliss-reactive ketones (excluding diaryl/α,β-unsaturated/α-hetero) is 1. The third kappa shape index (κ3) is 3.69. The van der Waals surface area contributed by atoms with Gasteiger partial charge >= 0.3 is 0 Å². The van der Waals surface area contributed by atoms with Gasteiger partial charge in [-0.1, -0.05) is 39.0 Å². The number of fused-ring (bicyclic) bond motifs is 1. The van der Waals surface area contributed by atoms with Crippen LogP contribution in [0.1, 0.15) is 41.5 Å². The summed E-state index contributed by atoms with van der Waals surface area (Å²) >= 11 is 0. The van der Waals surface area contributed by atoms with Crippen LogP contribution in [0.5, 0.6) is 0 Å². The Bertz CT molecular complexity index is 1070. The first kappa shape index (κ1) is 20.8. The van der Waals surface area contributed by atoms with Crippen molar-refractivity contribution in [3.05, 3.63) is 69.8 Å². The predicted molar refractivity (Wildman–Crippen MR) is 107 cm³/mol. The number of hydrogen-bond acceptors (Lipinski definition) is 6. The van der Waals surface area contributed by atoms with Crippen molar-refractivity contribution in [3.8, 4) is 0 Å². The monoisotopic (exact) mass is 409 g/mol. The number of amides is 3. The number of hydrogen-bond donors (Lipinski definition) is 1. The van der Waals surface area contributed by atoms with E-state index in [1.807, 2.05) is 0 Å². The number of nitrogens with zero attached hydrogens (tertiary/aromatic N) is 2. The number of imide groups is 1. The molecule has 2 aromatic rings. The normalized spacial score (nSPS) is 14.3. The molecule has 0 spiro atoms. The van der Waals surface area contributed by atoms with Crippen LogP contribution in [0.15, 0.2) is 48.5 Å². The molecular formula is C21H19N3O6. The van der Waals surface area contributed by atoms with Crippen LogP contribution < -0.4 is 5.32 Å². The molecule has 154 valence electrons. The summed E-state index contributed by atoms with van der Waals surface area (Å²) in [5.74, 6) is -3.26. The summed E-state index contributed by atoms with van der Waals surface area (Å²) < 4.78 is 0. The Balaban J connectivity index is 2.04. The first-order chi connectivity index (χ1) is 14.0. The summed E-state index contributed by atoms with van der Waals surface area (Å²) in [5.41, 5.74) is -1.33. The van der Waals surface area contributed by atoms with Crippen molar-refractivity contribution in [1.29, 1.82) is 0 Å². The van der Waals surface area contributed by atoms with Crippen LogP contribution in [-0.2, 0) is 9.59 Å². The Morgan fingerprint density at radius 2 is 1.60 bits per heavy atom. The number of anilines is 1. The fraction of sp³-hybridized carbons (Fsp3) is 0.238. The van der Waals surface area contributed by atoms with Crippen LogP contribution in [0.4, 0.5) is 11.4 Å². The summed E-state index contributed by atoms with van der Waals surface area (Å²) in [6.07, 6.45) is 0. The van der Waals surface area contributed by atoms with Crippen LogP contribution in [0, 0.1) is 15.5 Å². The third-order valence-corrected chi connectivity index (χ3v) is 4.65. The van der Waals surface area contributed by atoms with Crippen LogP contribution >= 0.6 is 0 Å². The number of nitrogens with one attached hydrogen (secondary N) is 1. The standard InChI is InChI=1S/C21H19N3O6/c1-21(2,3)17(25)16(18(26)22-12-7-5-4-6-8-12)23-19(27)14-10-9-13(24(29)30)11-15(14)20(23)28/h4-11,16H,1-3H3,(H,22,26). The van der Waals surface area contributed by atoms with E-state index in [1.54, 1.807) is 51.1 Å². The molecule has 0 aromatic heterocycles. The second-order valence-corrected chi connectivity index (χ2v) is 7.84. The molecule has 1 aliphatic rings. The van der Waals surface area contributed by atoms with Gasteiger partial charge in [0.05, 0.1) is 16.1 Å². The number of nitro groups is 1. The second kappa shape index (κ2) is 7.51. The van der Waals surface area contributed by atoms with Gasteiger partial charge < -0.3 is 5.32 Å². The molecule has 0 aliphatic carbocycles. The molecule has 30 heavy (non-hydrogen) atoms. The van der Waals surface area contributed by atoms with Gasteiger partial charge in [-0.15, -0.1) is 0 Å². The number of carbonyl (C=O) groups is 4. The fourth-order valence-electron chi connectivity index (χ4n) is 3.09. The summed E-state index contributed by atoms with van der Waals surface area (Å²) in [5, 5.41) is 13.6. The Kier molecular flexibility index (Phi) is 5.22. The lowest BCUT2D eigenvalue weighted by molar-refractivity contribution is -0.384. The number of non-ortho nitro benzene ring substituents is 1. The molecule has 1 atom stereocenters. The topological polar surface area (TPSA) is 127 Å². The zero-order valence-electron chi connectivity index (χ0n) is 16.5. The lowest BCUT2D eigenvalue weighted by atomic mass is 9.85. The van der Waals surface area contributed by atoms with E-state index in [0.29, 0.717) is 10.6 Å². The first-order valence-electron chi connectivity index (χ1n) is 9.09. The average Bonchev–Trinajstić information content (AvgIpc) is 2.93. The summed E-state index contributed by atoms with van der Waals surface area (Å²) in [6.45, 7) is 4.71. The molecule has 0 saturated heterocycles. The van der Waals surface area contributed by atoms with Crippen molar-refractivity contribution in [1.82, 2.24) is 4.90 Å². The molecule has 2 aromatic carbocycles. The maximum Gasteiger partial charge on any atom is 0.270 e. The average molecular weight is 409 g/mol. The Labute approximate surface area is 171 Å². The molecular weight excluding hydrogens is 390 g/mol. The molecule has 3 amide bonds. The third-order valence-electron chi connectivity index (χ3n) is 4.65. The number of ketones is 1. The smallest absolute Gasteiger partial charge is 0.270 e. The highest BCUT2D eigenvalue weighted by atomic mass is 16.6. The van der Waals surface area contributed by atoms with E-state index in [0.717, 1.165) is 18.2 Å². The molecule has 0 saturated carbocycles. The molecule has 1 N–H and O–H groups in total. The zero-order valence-corrected chi connectivity index (χ0v) is 16.5. The summed E-state index contributed by atoms with van der Waals surface area (Å²) in [7, 11) is 0. The summed E-state index contributed by atoms with van der Waals surface area (Å²) in [4.78, 5) is 62.9. The van der Waals surface area contributed by atoms with Gasteiger partial charge in [0.15, 0.2) is 11.8 Å². The largest absolute Gasteiger partial charge is 0.324 e. The molecule has 3 rings (SSSR count). The molecule has 0 fully saturated rings. The predicted octanol–water partition coefficient (Wildman–Crippen LogP) is 2.81. The SMILES string of the molecule is CC(C)(C)C(=O)C(C(=O)Nc1ccccc1)N1C(=O)c2ccc([N+](=O)[O-])cc2C1=O. The Morgan fingerprint density at radius 3 is 2.17 bits per heavy atom. The first-order valence-corrected chi connectivity index (χ1v) is 9.09. The highest BCUT2D eigenvalue weighted by Crippen LogP contribution is 2.31. The minimum atomic E-state index is -1.73. The molecule has 0 radical (unpaired) electrons. The van der Waals surface area contributed by atoms with E-state index in [2.05, 4.69) is 5.32 Å². The van der Waals surface area contributed by atoms with Crippen LogP contribution in [0.3, 0.4) is 0 Å². The highest BCUT2D eigenvalue weighted by Gasteiger charge is 2.49. The van der Waals surface area contributed by atoms with Gasteiger partial charge in [0.25, 0.3) is 23.4 Å². The lowest BCUT2D eigenvalue weighted by Crippen LogP contribution is -2.54. The van der Waals surface area contributed by atoms with Gasteiger partial charge in [-0.05, 0) is 18.2 Å². The van der Waals surface area contributed by atoms with E-state index < -0.39 is 39.9 Å². The number of para-hydroxylation sites is 1. The van der Waals surface area contributed by atoms with Gasteiger partial charge in [0, 0.05) is 23.2 Å². The Hall–Kier alpha value is -3.88. The number of nitro benzene ring substituents is 1. The van der Waals surface area contributed by atoms with Crippen molar-refractivity contribution in [2.45, 2.75) is 26.8 Å². The Morgan fingerprint density at radius 1 is 1.00 bits per heavy atom. The maximum absolute atomic E-state index is 13.1.